The second-order valence-electron chi connectivity index (χ2n) is 6.46. The van der Waals surface area contributed by atoms with Crippen molar-refractivity contribution in [3.63, 3.8) is 0 Å². The molecule has 2 aromatic rings. The van der Waals surface area contributed by atoms with Gasteiger partial charge in [0, 0.05) is 13.0 Å². The highest BCUT2D eigenvalue weighted by molar-refractivity contribution is 8.26. The Hall–Kier alpha value is -2.84. The first-order valence-corrected chi connectivity index (χ1v) is 10.6. The van der Waals surface area contributed by atoms with Crippen LogP contribution in [0.4, 0.5) is 5.69 Å². The van der Waals surface area contributed by atoms with E-state index in [4.69, 9.17) is 21.7 Å². The van der Waals surface area contributed by atoms with Crippen molar-refractivity contribution in [3.8, 4) is 11.5 Å². The fraction of sp³-hybridized carbons (Fsp3) is 0.227. The van der Waals surface area contributed by atoms with Crippen LogP contribution in [0.2, 0.25) is 0 Å². The zero-order valence-electron chi connectivity index (χ0n) is 16.7. The van der Waals surface area contributed by atoms with Gasteiger partial charge in [0.15, 0.2) is 0 Å². The molecule has 0 saturated carbocycles. The predicted molar refractivity (Wildman–Crippen MR) is 124 cm³/mol. The van der Waals surface area contributed by atoms with E-state index in [0.717, 1.165) is 11.3 Å². The molecule has 0 atom stereocenters. The Bertz CT molecular complexity index is 991. The summed E-state index contributed by atoms with van der Waals surface area (Å²) < 4.78 is 11.0. The van der Waals surface area contributed by atoms with Gasteiger partial charge in [-0.05, 0) is 42.3 Å². The van der Waals surface area contributed by atoms with Crippen molar-refractivity contribution >= 4 is 51.9 Å². The van der Waals surface area contributed by atoms with Crippen LogP contribution in [0.3, 0.4) is 0 Å². The Labute approximate surface area is 185 Å². The van der Waals surface area contributed by atoms with Gasteiger partial charge in [0.1, 0.15) is 15.8 Å². The number of amides is 2. The summed E-state index contributed by atoms with van der Waals surface area (Å²) in [5.74, 6) is 1.04. The third-order valence-electron chi connectivity index (χ3n) is 4.43. The number of anilines is 1. The molecule has 1 saturated heterocycles. The number of carbonyl (C=O) groups is 2. The summed E-state index contributed by atoms with van der Waals surface area (Å²) in [4.78, 5) is 27.1. The zero-order chi connectivity index (χ0) is 21.5. The van der Waals surface area contributed by atoms with Crippen LogP contribution in [0.5, 0.6) is 11.5 Å². The number of para-hydroxylation sites is 2. The topological polar surface area (TPSA) is 67.9 Å². The van der Waals surface area contributed by atoms with E-state index in [9.17, 15) is 9.59 Å². The maximum atomic E-state index is 12.7. The van der Waals surface area contributed by atoms with Crippen LogP contribution in [0.1, 0.15) is 18.4 Å². The van der Waals surface area contributed by atoms with Crippen LogP contribution in [0, 0.1) is 0 Å². The third kappa shape index (κ3) is 5.40. The van der Waals surface area contributed by atoms with Crippen molar-refractivity contribution in [2.24, 2.45) is 0 Å². The van der Waals surface area contributed by atoms with Crippen LogP contribution < -0.4 is 14.8 Å². The van der Waals surface area contributed by atoms with Crippen molar-refractivity contribution in [1.82, 2.24) is 4.90 Å². The standard InChI is InChI=1S/C22H22N2O4S2/c1-27-16-8-5-7-15(13-16)14-19-21(26)24(22(29)30-19)12-6-11-20(25)23-17-9-3-4-10-18(17)28-2/h3-5,7-10,13-14H,6,11-12H2,1-2H3,(H,23,25)/b19-14-. The highest BCUT2D eigenvalue weighted by Crippen LogP contribution is 2.33. The molecule has 6 nitrogen and oxygen atoms in total. The van der Waals surface area contributed by atoms with E-state index in [1.807, 2.05) is 36.4 Å². The van der Waals surface area contributed by atoms with E-state index in [2.05, 4.69) is 5.32 Å². The predicted octanol–water partition coefficient (Wildman–Crippen LogP) is 4.32. The Morgan fingerprint density at radius 1 is 1.17 bits per heavy atom. The Balaban J connectivity index is 1.55. The number of nitrogens with zero attached hydrogens (tertiary/aromatic N) is 1. The first-order chi connectivity index (χ1) is 14.5. The quantitative estimate of drug-likeness (QED) is 0.485. The van der Waals surface area contributed by atoms with E-state index >= 15 is 0 Å². The summed E-state index contributed by atoms with van der Waals surface area (Å²) in [7, 11) is 3.15. The Morgan fingerprint density at radius 3 is 2.73 bits per heavy atom. The molecule has 8 heteroatoms. The molecule has 1 heterocycles. The molecular formula is C22H22N2O4S2. The summed E-state index contributed by atoms with van der Waals surface area (Å²) in [5.41, 5.74) is 1.49. The Morgan fingerprint density at radius 2 is 1.97 bits per heavy atom. The van der Waals surface area contributed by atoms with Crippen LogP contribution in [0.25, 0.3) is 6.08 Å². The maximum absolute atomic E-state index is 12.7. The van der Waals surface area contributed by atoms with Gasteiger partial charge in [0.25, 0.3) is 5.91 Å². The van der Waals surface area contributed by atoms with Gasteiger partial charge in [-0.2, -0.15) is 0 Å². The summed E-state index contributed by atoms with van der Waals surface area (Å²) in [6, 6.07) is 14.7. The molecule has 30 heavy (non-hydrogen) atoms. The molecule has 1 aliphatic rings. The highest BCUT2D eigenvalue weighted by atomic mass is 32.2. The van der Waals surface area contributed by atoms with Crippen molar-refractivity contribution < 1.29 is 19.1 Å². The van der Waals surface area contributed by atoms with Gasteiger partial charge in [0.05, 0.1) is 24.8 Å². The summed E-state index contributed by atoms with van der Waals surface area (Å²) in [6.07, 6.45) is 2.57. The molecular weight excluding hydrogens is 420 g/mol. The molecule has 1 aliphatic heterocycles. The van der Waals surface area contributed by atoms with Crippen molar-refractivity contribution in [2.45, 2.75) is 12.8 Å². The van der Waals surface area contributed by atoms with Crippen LogP contribution in [-0.2, 0) is 9.59 Å². The Kier molecular flexibility index (Phi) is 7.48. The van der Waals surface area contributed by atoms with E-state index < -0.39 is 0 Å². The van der Waals surface area contributed by atoms with Crippen molar-refractivity contribution in [3.05, 3.63) is 59.0 Å². The minimum absolute atomic E-state index is 0.141. The van der Waals surface area contributed by atoms with Gasteiger partial charge in [0.2, 0.25) is 5.91 Å². The SMILES string of the molecule is COc1cccc(/C=C2\SC(=S)N(CCCC(=O)Nc3ccccc3OC)C2=O)c1. The molecule has 1 N–H and O–H groups in total. The lowest BCUT2D eigenvalue weighted by Crippen LogP contribution is -2.29. The monoisotopic (exact) mass is 442 g/mol. The average Bonchev–Trinajstić information content (AvgIpc) is 3.01. The fourth-order valence-corrected chi connectivity index (χ4v) is 4.24. The number of carbonyl (C=O) groups excluding carboxylic acids is 2. The summed E-state index contributed by atoms with van der Waals surface area (Å²) in [5, 5.41) is 2.83. The lowest BCUT2D eigenvalue weighted by atomic mass is 10.2. The van der Waals surface area contributed by atoms with Crippen LogP contribution in [0.15, 0.2) is 53.4 Å². The molecule has 0 spiro atoms. The molecule has 1 fully saturated rings. The van der Waals surface area contributed by atoms with Gasteiger partial charge >= 0.3 is 0 Å². The third-order valence-corrected chi connectivity index (χ3v) is 5.81. The van der Waals surface area contributed by atoms with E-state index in [1.54, 1.807) is 37.3 Å². The van der Waals surface area contributed by atoms with E-state index in [1.165, 1.54) is 11.8 Å². The normalized spacial score (nSPS) is 14.9. The number of rotatable bonds is 8. The molecule has 0 bridgehead atoms. The lowest BCUT2D eigenvalue weighted by Gasteiger charge is -2.14. The number of nitrogens with one attached hydrogen (secondary N) is 1. The van der Waals surface area contributed by atoms with Crippen molar-refractivity contribution in [1.29, 1.82) is 0 Å². The molecule has 0 radical (unpaired) electrons. The zero-order valence-corrected chi connectivity index (χ0v) is 18.3. The summed E-state index contributed by atoms with van der Waals surface area (Å²) in [6.45, 7) is 0.388. The maximum Gasteiger partial charge on any atom is 0.266 e. The van der Waals surface area contributed by atoms with Gasteiger partial charge in [-0.3, -0.25) is 14.5 Å². The van der Waals surface area contributed by atoms with Crippen molar-refractivity contribution in [2.75, 3.05) is 26.1 Å². The van der Waals surface area contributed by atoms with Gasteiger partial charge in [-0.1, -0.05) is 48.2 Å². The molecule has 2 aromatic carbocycles. The second-order valence-corrected chi connectivity index (χ2v) is 8.14. The van der Waals surface area contributed by atoms with E-state index in [-0.39, 0.29) is 18.2 Å². The second kappa shape index (κ2) is 10.3. The summed E-state index contributed by atoms with van der Waals surface area (Å²) >= 11 is 6.63. The molecule has 2 amide bonds. The van der Waals surface area contributed by atoms with Crippen LogP contribution in [-0.4, -0.2) is 41.8 Å². The van der Waals surface area contributed by atoms with Gasteiger partial charge in [-0.25, -0.2) is 0 Å². The number of ether oxygens (including phenoxy) is 2. The lowest BCUT2D eigenvalue weighted by molar-refractivity contribution is -0.122. The fourth-order valence-electron chi connectivity index (χ4n) is 2.93. The first-order valence-electron chi connectivity index (χ1n) is 9.34. The van der Waals surface area contributed by atoms with Crippen LogP contribution >= 0.6 is 24.0 Å². The number of hydrogen-bond donors (Lipinski definition) is 1. The molecule has 3 rings (SSSR count). The smallest absolute Gasteiger partial charge is 0.266 e. The molecule has 0 aliphatic carbocycles. The highest BCUT2D eigenvalue weighted by Gasteiger charge is 2.31. The number of benzene rings is 2. The van der Waals surface area contributed by atoms with Gasteiger partial charge in [-0.15, -0.1) is 0 Å². The number of thiocarbonyl (C=S) groups is 1. The first kappa shape index (κ1) is 21.9. The number of methoxy groups -OCH3 is 2. The molecule has 156 valence electrons. The number of thioether (sulfide) groups is 1. The average molecular weight is 443 g/mol. The largest absolute Gasteiger partial charge is 0.497 e. The van der Waals surface area contributed by atoms with Gasteiger partial charge < -0.3 is 14.8 Å². The minimum atomic E-state index is -0.142. The van der Waals surface area contributed by atoms with E-state index in [0.29, 0.717) is 33.6 Å². The number of hydrogen-bond acceptors (Lipinski definition) is 6. The molecule has 0 aromatic heterocycles. The molecule has 0 unspecified atom stereocenters. The minimum Gasteiger partial charge on any atom is -0.497 e.